The van der Waals surface area contributed by atoms with Crippen LogP contribution in [-0.4, -0.2) is 29.3 Å². The minimum absolute atomic E-state index is 0.0245. The molecule has 0 aliphatic rings. The highest BCUT2D eigenvalue weighted by Crippen LogP contribution is 2.21. The normalized spacial score (nSPS) is 10.2. The summed E-state index contributed by atoms with van der Waals surface area (Å²) < 4.78 is 0. The number of amides is 1. The van der Waals surface area contributed by atoms with Crippen LogP contribution in [-0.2, 0) is 9.59 Å². The molecule has 0 aliphatic carbocycles. The number of carbonyl (C=O) groups is 2. The maximum Gasteiger partial charge on any atom is 0.303 e. The Labute approximate surface area is 124 Å². The maximum atomic E-state index is 11.6. The number of rotatable bonds is 9. The lowest BCUT2D eigenvalue weighted by molar-refractivity contribution is -0.137. The molecule has 0 aliphatic heterocycles. The second-order valence-corrected chi connectivity index (χ2v) is 5.63. The van der Waals surface area contributed by atoms with Crippen LogP contribution in [0.25, 0.3) is 0 Å². The van der Waals surface area contributed by atoms with Gasteiger partial charge in [0.05, 0.1) is 5.75 Å². The van der Waals surface area contributed by atoms with Gasteiger partial charge in [-0.05, 0) is 31.4 Å². The van der Waals surface area contributed by atoms with Crippen molar-refractivity contribution < 1.29 is 14.7 Å². The lowest BCUT2D eigenvalue weighted by Gasteiger charge is -2.06. The Hall–Kier alpha value is -1.49. The summed E-state index contributed by atoms with van der Waals surface area (Å²) in [4.78, 5) is 23.1. The van der Waals surface area contributed by atoms with Crippen LogP contribution in [0.4, 0.5) is 0 Å². The third-order valence-electron chi connectivity index (χ3n) is 2.84. The number of hydrogen-bond acceptors (Lipinski definition) is 3. The van der Waals surface area contributed by atoms with Gasteiger partial charge in [-0.3, -0.25) is 9.59 Å². The number of aliphatic carboxylic acids is 1. The molecule has 0 heterocycles. The van der Waals surface area contributed by atoms with E-state index in [4.69, 9.17) is 5.11 Å². The minimum atomic E-state index is -0.760. The topological polar surface area (TPSA) is 66.4 Å². The monoisotopic (exact) mass is 295 g/mol. The molecule has 0 atom stereocenters. The van der Waals surface area contributed by atoms with Gasteiger partial charge in [-0.25, -0.2) is 0 Å². The summed E-state index contributed by atoms with van der Waals surface area (Å²) in [5, 5.41) is 11.3. The van der Waals surface area contributed by atoms with Crippen molar-refractivity contribution in [3.05, 3.63) is 29.8 Å². The molecule has 4 nitrogen and oxygen atoms in total. The van der Waals surface area contributed by atoms with E-state index in [0.29, 0.717) is 18.7 Å². The fourth-order valence-corrected chi connectivity index (χ4v) is 2.58. The van der Waals surface area contributed by atoms with Crippen molar-refractivity contribution in [1.29, 1.82) is 0 Å². The lowest BCUT2D eigenvalue weighted by Crippen LogP contribution is -2.26. The Morgan fingerprint density at radius 3 is 2.65 bits per heavy atom. The second kappa shape index (κ2) is 9.42. The van der Waals surface area contributed by atoms with E-state index in [2.05, 4.69) is 5.32 Å². The van der Waals surface area contributed by atoms with Crippen LogP contribution in [0.3, 0.4) is 0 Å². The zero-order valence-corrected chi connectivity index (χ0v) is 12.5. The van der Waals surface area contributed by atoms with E-state index >= 15 is 0 Å². The van der Waals surface area contributed by atoms with E-state index < -0.39 is 5.97 Å². The quantitative estimate of drug-likeness (QED) is 0.543. The highest BCUT2D eigenvalue weighted by molar-refractivity contribution is 8.00. The van der Waals surface area contributed by atoms with Crippen molar-refractivity contribution >= 4 is 23.6 Å². The van der Waals surface area contributed by atoms with E-state index in [1.54, 1.807) is 0 Å². The van der Waals surface area contributed by atoms with Crippen molar-refractivity contribution in [2.24, 2.45) is 0 Å². The van der Waals surface area contributed by atoms with Crippen LogP contribution in [0, 0.1) is 6.92 Å². The molecule has 110 valence electrons. The highest BCUT2D eigenvalue weighted by atomic mass is 32.2. The number of thioether (sulfide) groups is 1. The van der Waals surface area contributed by atoms with Crippen LogP contribution < -0.4 is 5.32 Å². The molecule has 0 unspecified atom stereocenters. The van der Waals surface area contributed by atoms with E-state index in [1.165, 1.54) is 17.3 Å². The summed E-state index contributed by atoms with van der Waals surface area (Å²) in [6.45, 7) is 2.65. The number of nitrogens with one attached hydrogen (secondary N) is 1. The van der Waals surface area contributed by atoms with Crippen LogP contribution >= 0.6 is 11.8 Å². The van der Waals surface area contributed by atoms with Crippen LogP contribution in [0.5, 0.6) is 0 Å². The molecule has 0 saturated heterocycles. The fraction of sp³-hybridized carbons (Fsp3) is 0.467. The zero-order chi connectivity index (χ0) is 14.8. The number of carboxylic acid groups (broad SMARTS) is 1. The van der Waals surface area contributed by atoms with Crippen molar-refractivity contribution in [2.75, 3.05) is 12.3 Å². The molecule has 0 radical (unpaired) electrons. The van der Waals surface area contributed by atoms with Gasteiger partial charge in [0.25, 0.3) is 0 Å². The Morgan fingerprint density at radius 1 is 1.20 bits per heavy atom. The van der Waals surface area contributed by atoms with Gasteiger partial charge in [-0.2, -0.15) is 0 Å². The summed E-state index contributed by atoms with van der Waals surface area (Å²) in [7, 11) is 0. The van der Waals surface area contributed by atoms with Crippen LogP contribution in [0.15, 0.2) is 29.2 Å². The molecular weight excluding hydrogens is 274 g/mol. The summed E-state index contributed by atoms with van der Waals surface area (Å²) in [6.07, 6.45) is 2.53. The zero-order valence-electron chi connectivity index (χ0n) is 11.7. The second-order valence-electron chi connectivity index (χ2n) is 4.61. The van der Waals surface area contributed by atoms with Crippen LogP contribution in [0.1, 0.15) is 31.2 Å². The first-order chi connectivity index (χ1) is 9.59. The molecule has 0 bridgehead atoms. The SMILES string of the molecule is Cc1ccccc1SCC(=O)NCCCCCC(=O)O. The van der Waals surface area contributed by atoms with Gasteiger partial charge in [-0.15, -0.1) is 11.8 Å². The molecule has 0 spiro atoms. The highest BCUT2D eigenvalue weighted by Gasteiger charge is 2.04. The number of unbranched alkanes of at least 4 members (excludes halogenated alkanes) is 2. The summed E-state index contributed by atoms with van der Waals surface area (Å²) >= 11 is 1.54. The molecule has 0 saturated carbocycles. The Balaban J connectivity index is 2.09. The Morgan fingerprint density at radius 2 is 1.95 bits per heavy atom. The van der Waals surface area contributed by atoms with Gasteiger partial charge < -0.3 is 10.4 Å². The first-order valence-corrected chi connectivity index (χ1v) is 7.75. The van der Waals surface area contributed by atoms with E-state index in [-0.39, 0.29) is 12.3 Å². The maximum absolute atomic E-state index is 11.6. The van der Waals surface area contributed by atoms with Gasteiger partial charge in [0, 0.05) is 17.9 Å². The first-order valence-electron chi connectivity index (χ1n) is 6.76. The smallest absolute Gasteiger partial charge is 0.303 e. The first kappa shape index (κ1) is 16.6. The Kier molecular flexibility index (Phi) is 7.80. The van der Waals surface area contributed by atoms with E-state index in [0.717, 1.165) is 17.7 Å². The Bertz CT molecular complexity index is 448. The van der Waals surface area contributed by atoms with E-state index in [9.17, 15) is 9.59 Å². The average Bonchev–Trinajstić information content (AvgIpc) is 2.41. The molecule has 20 heavy (non-hydrogen) atoms. The van der Waals surface area contributed by atoms with Gasteiger partial charge in [-0.1, -0.05) is 24.6 Å². The molecule has 0 fully saturated rings. The van der Waals surface area contributed by atoms with Gasteiger partial charge in [0.2, 0.25) is 5.91 Å². The predicted molar refractivity (Wildman–Crippen MR) is 81.0 cm³/mol. The molecule has 2 N–H and O–H groups in total. The molecule has 1 aromatic carbocycles. The lowest BCUT2D eigenvalue weighted by atomic mass is 10.2. The summed E-state index contributed by atoms with van der Waals surface area (Å²) in [5.41, 5.74) is 1.18. The largest absolute Gasteiger partial charge is 0.481 e. The van der Waals surface area contributed by atoms with Crippen molar-refractivity contribution in [1.82, 2.24) is 5.32 Å². The molecular formula is C15H21NO3S. The number of carbonyl (C=O) groups excluding carboxylic acids is 1. The molecule has 1 amide bonds. The number of benzene rings is 1. The van der Waals surface area contributed by atoms with Gasteiger partial charge >= 0.3 is 5.97 Å². The fourth-order valence-electron chi connectivity index (χ4n) is 1.72. The summed E-state index contributed by atoms with van der Waals surface area (Å²) in [6, 6.07) is 7.99. The van der Waals surface area contributed by atoms with E-state index in [1.807, 2.05) is 31.2 Å². The number of carboxylic acids is 1. The van der Waals surface area contributed by atoms with Crippen LogP contribution in [0.2, 0.25) is 0 Å². The van der Waals surface area contributed by atoms with Gasteiger partial charge in [0.1, 0.15) is 0 Å². The van der Waals surface area contributed by atoms with Crippen molar-refractivity contribution in [3.63, 3.8) is 0 Å². The average molecular weight is 295 g/mol. The summed E-state index contributed by atoms with van der Waals surface area (Å²) in [5.74, 6) is -0.319. The number of hydrogen-bond donors (Lipinski definition) is 2. The predicted octanol–water partition coefficient (Wildman–Crippen LogP) is 2.85. The third kappa shape index (κ3) is 7.19. The molecule has 5 heteroatoms. The molecule has 0 aromatic heterocycles. The van der Waals surface area contributed by atoms with Gasteiger partial charge in [0.15, 0.2) is 0 Å². The molecule has 1 aromatic rings. The number of aryl methyl sites for hydroxylation is 1. The van der Waals surface area contributed by atoms with Crippen molar-refractivity contribution in [3.8, 4) is 0 Å². The standard InChI is InChI=1S/C15H21NO3S/c1-12-7-4-5-8-13(12)20-11-14(17)16-10-6-2-3-9-15(18)19/h4-5,7-8H,2-3,6,9-11H2,1H3,(H,16,17)(H,18,19). The minimum Gasteiger partial charge on any atom is -0.481 e. The van der Waals surface area contributed by atoms with Crippen molar-refractivity contribution in [2.45, 2.75) is 37.5 Å². The third-order valence-corrected chi connectivity index (χ3v) is 4.02. The molecule has 1 rings (SSSR count).